The molecule has 0 heterocycles. The van der Waals surface area contributed by atoms with Gasteiger partial charge in [-0.1, -0.05) is 151 Å². The molecular formula is C46H90N2O7. The van der Waals surface area contributed by atoms with Gasteiger partial charge in [0, 0.05) is 39.0 Å². The molecule has 0 bridgehead atoms. The van der Waals surface area contributed by atoms with Crippen molar-refractivity contribution in [1.82, 2.24) is 9.80 Å². The van der Waals surface area contributed by atoms with Crippen molar-refractivity contribution in [1.29, 1.82) is 0 Å². The van der Waals surface area contributed by atoms with Crippen LogP contribution in [0.4, 0.5) is 4.79 Å². The van der Waals surface area contributed by atoms with E-state index >= 15 is 0 Å². The molecule has 0 radical (unpaired) electrons. The van der Waals surface area contributed by atoms with Crippen LogP contribution in [0.1, 0.15) is 208 Å². The Morgan fingerprint density at radius 2 is 0.891 bits per heavy atom. The molecule has 0 aromatic rings. The van der Waals surface area contributed by atoms with Gasteiger partial charge in [0.1, 0.15) is 19.3 Å². The van der Waals surface area contributed by atoms with Gasteiger partial charge in [0.15, 0.2) is 0 Å². The minimum atomic E-state index is -0.652. The highest BCUT2D eigenvalue weighted by Crippen LogP contribution is 2.23. The molecule has 1 atom stereocenters. The molecule has 0 saturated carbocycles. The summed E-state index contributed by atoms with van der Waals surface area (Å²) in [5, 5.41) is 0. The predicted octanol–water partition coefficient (Wildman–Crippen LogP) is 12.1. The zero-order valence-corrected chi connectivity index (χ0v) is 37.2. The van der Waals surface area contributed by atoms with Crippen LogP contribution in [0.25, 0.3) is 0 Å². The molecule has 55 heavy (non-hydrogen) atoms. The number of rotatable bonds is 41. The number of nitrogens with zero attached hydrogens (tertiary/aromatic N) is 2. The minimum absolute atomic E-state index is 0.0868. The quantitative estimate of drug-likeness (QED) is 0.0341. The molecule has 0 rings (SSSR count). The van der Waals surface area contributed by atoms with Crippen LogP contribution in [0.15, 0.2) is 0 Å². The summed E-state index contributed by atoms with van der Waals surface area (Å²) in [6.07, 6.45) is 26.7. The molecule has 9 nitrogen and oxygen atoms in total. The van der Waals surface area contributed by atoms with Crippen LogP contribution < -0.4 is 0 Å². The summed E-state index contributed by atoms with van der Waals surface area (Å²) < 4.78 is 22.6. The number of likely N-dealkylation sites (N-methyl/N-ethyl adjacent to an activating group) is 1. The van der Waals surface area contributed by atoms with Gasteiger partial charge in [-0.05, 0) is 64.0 Å². The SMILES string of the molecule is CCCCCCCOC(=O)CCCC(CCCCCC)OC(=O)OCCN(CCOC(=O)CC(CCCCCCC)CCCCCCC)CCN(CC)CC. The highest BCUT2D eigenvalue weighted by atomic mass is 16.7. The number of hydrogen-bond donors (Lipinski definition) is 0. The van der Waals surface area contributed by atoms with E-state index in [0.717, 1.165) is 84.0 Å². The van der Waals surface area contributed by atoms with Gasteiger partial charge >= 0.3 is 18.1 Å². The van der Waals surface area contributed by atoms with E-state index in [-0.39, 0.29) is 24.6 Å². The number of esters is 2. The normalized spacial score (nSPS) is 12.1. The van der Waals surface area contributed by atoms with Crippen molar-refractivity contribution < 1.29 is 33.3 Å². The van der Waals surface area contributed by atoms with Crippen molar-refractivity contribution in [2.75, 3.05) is 59.1 Å². The van der Waals surface area contributed by atoms with Gasteiger partial charge in [-0.15, -0.1) is 0 Å². The van der Waals surface area contributed by atoms with Crippen LogP contribution in [-0.4, -0.2) is 93.1 Å². The summed E-state index contributed by atoms with van der Waals surface area (Å²) in [7, 11) is 0. The lowest BCUT2D eigenvalue weighted by Gasteiger charge is -2.26. The molecule has 0 saturated heterocycles. The van der Waals surface area contributed by atoms with Gasteiger partial charge in [-0.25, -0.2) is 4.79 Å². The van der Waals surface area contributed by atoms with E-state index in [0.29, 0.717) is 57.9 Å². The lowest BCUT2D eigenvalue weighted by atomic mass is 9.91. The molecule has 0 spiro atoms. The van der Waals surface area contributed by atoms with E-state index in [1.165, 1.54) is 83.5 Å². The summed E-state index contributed by atoms with van der Waals surface area (Å²) in [5.74, 6) is 0.147. The van der Waals surface area contributed by atoms with Gasteiger partial charge in [-0.2, -0.15) is 0 Å². The Morgan fingerprint density at radius 3 is 1.45 bits per heavy atom. The van der Waals surface area contributed by atoms with Crippen LogP contribution in [0, 0.1) is 5.92 Å². The molecule has 9 heteroatoms. The largest absolute Gasteiger partial charge is 0.508 e. The van der Waals surface area contributed by atoms with Crippen molar-refractivity contribution in [3.63, 3.8) is 0 Å². The summed E-state index contributed by atoms with van der Waals surface area (Å²) in [6.45, 7) is 19.0. The molecule has 1 unspecified atom stereocenters. The summed E-state index contributed by atoms with van der Waals surface area (Å²) in [4.78, 5) is 42.7. The molecule has 0 aliphatic rings. The van der Waals surface area contributed by atoms with Crippen LogP contribution in [-0.2, 0) is 28.5 Å². The molecule has 0 aliphatic heterocycles. The number of unbranched alkanes of at least 4 members (excludes halogenated alkanes) is 15. The Hall–Kier alpha value is -1.87. The van der Waals surface area contributed by atoms with Gasteiger partial charge in [0.25, 0.3) is 0 Å². The van der Waals surface area contributed by atoms with E-state index in [1.54, 1.807) is 0 Å². The lowest BCUT2D eigenvalue weighted by molar-refractivity contribution is -0.145. The van der Waals surface area contributed by atoms with Crippen molar-refractivity contribution >= 4 is 18.1 Å². The van der Waals surface area contributed by atoms with Crippen LogP contribution in [0.3, 0.4) is 0 Å². The first-order valence-electron chi connectivity index (χ1n) is 23.4. The molecule has 0 aliphatic carbocycles. The van der Waals surface area contributed by atoms with Crippen LogP contribution in [0.5, 0.6) is 0 Å². The standard InChI is InChI=1S/C46H90N2O7/c1-7-13-17-21-24-29-42(30-25-22-18-14-8-2)41-45(50)53-39-36-48(35-34-47(11-5)12-6)37-40-54-46(51)55-43(31-26-20-16-10-4)32-28-33-44(49)52-38-27-23-19-15-9-3/h42-43H,7-41H2,1-6H3. The van der Waals surface area contributed by atoms with E-state index in [1.807, 2.05) is 0 Å². The van der Waals surface area contributed by atoms with Gasteiger partial charge in [0.2, 0.25) is 0 Å². The number of carbonyl (C=O) groups is 3. The van der Waals surface area contributed by atoms with Crippen molar-refractivity contribution in [2.45, 2.75) is 215 Å². The molecule has 0 aromatic heterocycles. The Morgan fingerprint density at radius 1 is 0.436 bits per heavy atom. The van der Waals surface area contributed by atoms with E-state index < -0.39 is 6.16 Å². The first-order valence-corrected chi connectivity index (χ1v) is 23.4. The maximum atomic E-state index is 13.0. The topological polar surface area (TPSA) is 94.6 Å². The average molecular weight is 783 g/mol. The molecule has 0 amide bonds. The third-order valence-electron chi connectivity index (χ3n) is 10.9. The number of hydrogen-bond acceptors (Lipinski definition) is 9. The summed E-state index contributed by atoms with van der Waals surface area (Å²) >= 11 is 0. The van der Waals surface area contributed by atoms with Crippen molar-refractivity contribution in [3.05, 3.63) is 0 Å². The van der Waals surface area contributed by atoms with E-state index in [2.05, 4.69) is 51.3 Å². The monoisotopic (exact) mass is 783 g/mol. The molecule has 0 N–H and O–H groups in total. The lowest BCUT2D eigenvalue weighted by Crippen LogP contribution is -2.39. The fraction of sp³-hybridized carbons (Fsp3) is 0.935. The smallest absolute Gasteiger partial charge is 0.466 e. The predicted molar refractivity (Wildman–Crippen MR) is 229 cm³/mol. The van der Waals surface area contributed by atoms with E-state index in [9.17, 15) is 14.4 Å². The second-order valence-corrected chi connectivity index (χ2v) is 15.8. The third kappa shape index (κ3) is 35.1. The molecule has 0 aromatic carbocycles. The van der Waals surface area contributed by atoms with Crippen molar-refractivity contribution in [3.8, 4) is 0 Å². The first-order chi connectivity index (χ1) is 26.8. The Kier molecular flexibility index (Phi) is 39.0. The molecular weight excluding hydrogens is 693 g/mol. The van der Waals surface area contributed by atoms with Gasteiger partial charge in [0.05, 0.1) is 6.61 Å². The van der Waals surface area contributed by atoms with Gasteiger partial charge < -0.3 is 23.8 Å². The zero-order chi connectivity index (χ0) is 40.6. The molecule has 0 fully saturated rings. The van der Waals surface area contributed by atoms with Crippen molar-refractivity contribution in [2.24, 2.45) is 5.92 Å². The fourth-order valence-electron chi connectivity index (χ4n) is 7.09. The Bertz CT molecular complexity index is 855. The van der Waals surface area contributed by atoms with Crippen LogP contribution >= 0.6 is 0 Å². The summed E-state index contributed by atoms with van der Waals surface area (Å²) in [6, 6.07) is 0. The van der Waals surface area contributed by atoms with Gasteiger partial charge in [-0.3, -0.25) is 14.5 Å². The minimum Gasteiger partial charge on any atom is -0.466 e. The highest BCUT2D eigenvalue weighted by molar-refractivity contribution is 5.69. The maximum Gasteiger partial charge on any atom is 0.508 e. The van der Waals surface area contributed by atoms with E-state index in [4.69, 9.17) is 18.9 Å². The highest BCUT2D eigenvalue weighted by Gasteiger charge is 2.19. The average Bonchev–Trinajstić information content (AvgIpc) is 3.17. The Labute approximate surface area is 340 Å². The number of carbonyl (C=O) groups excluding carboxylic acids is 3. The third-order valence-corrected chi connectivity index (χ3v) is 10.9. The Balaban J connectivity index is 4.97. The maximum absolute atomic E-state index is 13.0. The fourth-order valence-corrected chi connectivity index (χ4v) is 7.09. The second kappa shape index (κ2) is 40.3. The number of ether oxygens (including phenoxy) is 4. The second-order valence-electron chi connectivity index (χ2n) is 15.8. The van der Waals surface area contributed by atoms with Crippen LogP contribution in [0.2, 0.25) is 0 Å². The first kappa shape index (κ1) is 53.1. The zero-order valence-electron chi connectivity index (χ0n) is 37.2. The summed E-state index contributed by atoms with van der Waals surface area (Å²) in [5.41, 5.74) is 0. The molecule has 326 valence electrons.